The van der Waals surface area contributed by atoms with Gasteiger partial charge >= 0.3 is 0 Å². The molecule has 0 heterocycles. The normalized spacial score (nSPS) is 9.68. The van der Waals surface area contributed by atoms with Crippen molar-refractivity contribution in [2.24, 2.45) is 0 Å². The number of carbonyl (C=O) groups excluding carboxylic acids is 1. The lowest BCUT2D eigenvalue weighted by molar-refractivity contribution is 0.102. The Morgan fingerprint density at radius 1 is 1.23 bits per heavy atom. The summed E-state index contributed by atoms with van der Waals surface area (Å²) in [5.74, 6) is 3.54. The molecule has 0 unspecified atom stereocenters. The summed E-state index contributed by atoms with van der Waals surface area (Å²) in [5, 5.41) is 2.82. The van der Waals surface area contributed by atoms with E-state index in [1.165, 1.54) is 0 Å². The van der Waals surface area contributed by atoms with E-state index in [0.717, 1.165) is 5.56 Å². The zero-order chi connectivity index (χ0) is 15.9. The van der Waals surface area contributed by atoms with E-state index in [1.807, 2.05) is 13.0 Å². The van der Waals surface area contributed by atoms with Gasteiger partial charge in [0, 0.05) is 11.3 Å². The molecule has 0 aliphatic rings. The van der Waals surface area contributed by atoms with Crippen molar-refractivity contribution in [3.05, 3.63) is 53.6 Å². The van der Waals surface area contributed by atoms with Gasteiger partial charge in [0.2, 0.25) is 0 Å². The third kappa shape index (κ3) is 3.80. The van der Waals surface area contributed by atoms with Crippen LogP contribution in [0.3, 0.4) is 0 Å². The van der Waals surface area contributed by atoms with Crippen LogP contribution in [0.15, 0.2) is 42.5 Å². The van der Waals surface area contributed by atoms with Crippen molar-refractivity contribution in [1.82, 2.24) is 0 Å². The lowest BCUT2D eigenvalue weighted by Gasteiger charge is -2.09. The number of benzene rings is 2. The van der Waals surface area contributed by atoms with Crippen LogP contribution in [0.25, 0.3) is 0 Å². The van der Waals surface area contributed by atoms with Gasteiger partial charge in [-0.15, -0.1) is 6.42 Å². The fourth-order valence-corrected chi connectivity index (χ4v) is 1.92. The van der Waals surface area contributed by atoms with Crippen LogP contribution in [0.4, 0.5) is 5.69 Å². The summed E-state index contributed by atoms with van der Waals surface area (Å²) in [5.41, 5.74) is 2.20. The van der Waals surface area contributed by atoms with Gasteiger partial charge in [-0.1, -0.05) is 12.0 Å². The molecule has 0 bridgehead atoms. The molecule has 0 saturated heterocycles. The number of hydrogen-bond donors (Lipinski definition) is 1. The fourth-order valence-electron chi connectivity index (χ4n) is 1.92. The Labute approximate surface area is 130 Å². The molecule has 22 heavy (non-hydrogen) atoms. The molecule has 1 amide bonds. The predicted molar refractivity (Wildman–Crippen MR) is 86.5 cm³/mol. The largest absolute Gasteiger partial charge is 0.496 e. The first kappa shape index (κ1) is 15.5. The highest BCUT2D eigenvalue weighted by molar-refractivity contribution is 6.04. The molecular formula is C18H17NO3. The smallest absolute Gasteiger partial charge is 0.255 e. The minimum atomic E-state index is -0.199. The number of anilines is 1. The maximum absolute atomic E-state index is 12.2. The summed E-state index contributed by atoms with van der Waals surface area (Å²) >= 11 is 0. The average molecular weight is 295 g/mol. The van der Waals surface area contributed by atoms with Gasteiger partial charge in [0.15, 0.2) is 0 Å². The zero-order valence-electron chi connectivity index (χ0n) is 12.6. The standard InChI is InChI=1S/C18H17NO3/c1-4-11-22-16-9-7-15(8-10-16)19-18(20)14-6-5-13(2)17(12-14)21-3/h1,5-10,12H,11H2,2-3H3,(H,19,20). The lowest BCUT2D eigenvalue weighted by Crippen LogP contribution is -2.12. The zero-order valence-corrected chi connectivity index (χ0v) is 12.6. The van der Waals surface area contributed by atoms with Crippen LogP contribution in [-0.2, 0) is 0 Å². The van der Waals surface area contributed by atoms with E-state index in [4.69, 9.17) is 15.9 Å². The summed E-state index contributed by atoms with van der Waals surface area (Å²) in [6.45, 7) is 2.14. The van der Waals surface area contributed by atoms with Gasteiger partial charge in [0.1, 0.15) is 18.1 Å². The number of ether oxygens (including phenoxy) is 2. The molecule has 2 aromatic rings. The quantitative estimate of drug-likeness (QED) is 0.861. The van der Waals surface area contributed by atoms with Gasteiger partial charge in [-0.3, -0.25) is 4.79 Å². The average Bonchev–Trinajstić information content (AvgIpc) is 2.54. The number of aryl methyl sites for hydroxylation is 1. The highest BCUT2D eigenvalue weighted by Crippen LogP contribution is 2.21. The predicted octanol–water partition coefficient (Wildman–Crippen LogP) is 3.27. The molecule has 0 aliphatic carbocycles. The van der Waals surface area contributed by atoms with Crippen molar-refractivity contribution in [3.63, 3.8) is 0 Å². The Hall–Kier alpha value is -2.93. The second kappa shape index (κ2) is 7.19. The summed E-state index contributed by atoms with van der Waals surface area (Å²) in [4.78, 5) is 12.2. The van der Waals surface area contributed by atoms with Crippen LogP contribution in [0, 0.1) is 19.3 Å². The van der Waals surface area contributed by atoms with Gasteiger partial charge in [-0.05, 0) is 48.9 Å². The topological polar surface area (TPSA) is 47.6 Å². The highest BCUT2D eigenvalue weighted by atomic mass is 16.5. The first-order valence-corrected chi connectivity index (χ1v) is 6.76. The molecule has 112 valence electrons. The van der Waals surface area contributed by atoms with Crippen LogP contribution in [0.2, 0.25) is 0 Å². The molecule has 4 nitrogen and oxygen atoms in total. The van der Waals surface area contributed by atoms with E-state index in [1.54, 1.807) is 43.5 Å². The fraction of sp³-hybridized carbons (Fsp3) is 0.167. The van der Waals surface area contributed by atoms with E-state index in [2.05, 4.69) is 11.2 Å². The monoisotopic (exact) mass is 295 g/mol. The number of terminal acetylenes is 1. The van der Waals surface area contributed by atoms with Crippen molar-refractivity contribution in [3.8, 4) is 23.8 Å². The van der Waals surface area contributed by atoms with Crippen molar-refractivity contribution < 1.29 is 14.3 Å². The maximum Gasteiger partial charge on any atom is 0.255 e. The Morgan fingerprint density at radius 2 is 1.95 bits per heavy atom. The Bertz CT molecular complexity index is 699. The summed E-state index contributed by atoms with van der Waals surface area (Å²) in [6, 6.07) is 12.4. The van der Waals surface area contributed by atoms with Gasteiger partial charge in [-0.2, -0.15) is 0 Å². The molecular weight excluding hydrogens is 278 g/mol. The van der Waals surface area contributed by atoms with E-state index < -0.39 is 0 Å². The first-order valence-electron chi connectivity index (χ1n) is 6.76. The van der Waals surface area contributed by atoms with E-state index in [0.29, 0.717) is 22.7 Å². The van der Waals surface area contributed by atoms with Crippen LogP contribution in [0.5, 0.6) is 11.5 Å². The van der Waals surface area contributed by atoms with Crippen molar-refractivity contribution in [2.75, 3.05) is 19.0 Å². The Balaban J connectivity index is 2.07. The molecule has 0 atom stereocenters. The Kier molecular flexibility index (Phi) is 5.05. The lowest BCUT2D eigenvalue weighted by atomic mass is 10.1. The highest BCUT2D eigenvalue weighted by Gasteiger charge is 2.09. The van der Waals surface area contributed by atoms with Crippen LogP contribution in [-0.4, -0.2) is 19.6 Å². The summed E-state index contributed by atoms with van der Waals surface area (Å²) in [7, 11) is 1.58. The molecule has 0 saturated carbocycles. The number of amides is 1. The number of methoxy groups -OCH3 is 1. The van der Waals surface area contributed by atoms with Crippen molar-refractivity contribution in [1.29, 1.82) is 0 Å². The molecule has 0 aromatic heterocycles. The minimum Gasteiger partial charge on any atom is -0.496 e. The molecule has 4 heteroatoms. The molecule has 0 aliphatic heterocycles. The molecule has 2 rings (SSSR count). The SMILES string of the molecule is C#CCOc1ccc(NC(=O)c2ccc(C)c(OC)c2)cc1. The number of hydrogen-bond acceptors (Lipinski definition) is 3. The Morgan fingerprint density at radius 3 is 2.59 bits per heavy atom. The number of nitrogens with one attached hydrogen (secondary N) is 1. The maximum atomic E-state index is 12.2. The molecule has 2 aromatic carbocycles. The van der Waals surface area contributed by atoms with Gasteiger partial charge < -0.3 is 14.8 Å². The molecule has 0 radical (unpaired) electrons. The minimum absolute atomic E-state index is 0.199. The molecule has 0 fully saturated rings. The van der Waals surface area contributed by atoms with E-state index in [-0.39, 0.29) is 12.5 Å². The molecule has 0 spiro atoms. The van der Waals surface area contributed by atoms with Crippen LogP contribution in [0.1, 0.15) is 15.9 Å². The van der Waals surface area contributed by atoms with Crippen molar-refractivity contribution >= 4 is 11.6 Å². The van der Waals surface area contributed by atoms with E-state index in [9.17, 15) is 4.79 Å². The van der Waals surface area contributed by atoms with Gasteiger partial charge in [0.25, 0.3) is 5.91 Å². The third-order valence-electron chi connectivity index (χ3n) is 3.10. The summed E-state index contributed by atoms with van der Waals surface area (Å²) < 4.78 is 10.5. The van der Waals surface area contributed by atoms with Gasteiger partial charge in [-0.25, -0.2) is 0 Å². The number of carbonyl (C=O) groups is 1. The van der Waals surface area contributed by atoms with Crippen LogP contribution >= 0.6 is 0 Å². The van der Waals surface area contributed by atoms with Crippen LogP contribution < -0.4 is 14.8 Å². The third-order valence-corrected chi connectivity index (χ3v) is 3.10. The number of rotatable bonds is 5. The second-order valence-corrected chi connectivity index (χ2v) is 4.66. The first-order chi connectivity index (χ1) is 10.6. The van der Waals surface area contributed by atoms with E-state index >= 15 is 0 Å². The second-order valence-electron chi connectivity index (χ2n) is 4.66. The summed E-state index contributed by atoms with van der Waals surface area (Å²) in [6.07, 6.45) is 5.13. The molecule has 1 N–H and O–H groups in total. The van der Waals surface area contributed by atoms with Gasteiger partial charge in [0.05, 0.1) is 7.11 Å². The van der Waals surface area contributed by atoms with Crippen molar-refractivity contribution in [2.45, 2.75) is 6.92 Å².